The molecule has 5 nitrogen and oxygen atoms in total. The number of ether oxygens (including phenoxy) is 2. The van der Waals surface area contributed by atoms with Gasteiger partial charge in [0.15, 0.2) is 0 Å². The molecule has 0 rings (SSSR count). The average molecular weight is 274 g/mol. The number of esters is 1. The van der Waals surface area contributed by atoms with Gasteiger partial charge in [-0.25, -0.2) is 0 Å². The number of likely N-dealkylation sites (N-methyl/N-ethyl adjacent to an activating group) is 1. The highest BCUT2D eigenvalue weighted by Gasteiger charge is 2.00. The largest absolute Gasteiger partial charge is 0.466 e. The molecule has 0 aliphatic heterocycles. The second-order valence-electron chi connectivity index (χ2n) is 4.78. The zero-order chi connectivity index (χ0) is 14.3. The Bertz CT molecular complexity index is 211. The van der Waals surface area contributed by atoms with Gasteiger partial charge in [-0.3, -0.25) is 4.79 Å². The fourth-order valence-electron chi connectivity index (χ4n) is 1.55. The van der Waals surface area contributed by atoms with Gasteiger partial charge in [0.25, 0.3) is 0 Å². The number of carbonyl (C=O) groups excluding carboxylic acids is 1. The second-order valence-corrected chi connectivity index (χ2v) is 4.78. The lowest BCUT2D eigenvalue weighted by Gasteiger charge is -2.10. The molecule has 0 atom stereocenters. The number of rotatable bonds is 13. The third kappa shape index (κ3) is 15.3. The standard InChI is InChI=1S/C14H30N2O3/c1-4-19-14(17)8-6-5-7-9-15-10-12-18-13-11-16(2)3/h15H,4-13H2,1-3H3. The normalized spacial score (nSPS) is 10.9. The monoisotopic (exact) mass is 274 g/mol. The molecule has 5 heteroatoms. The molecule has 0 heterocycles. The van der Waals surface area contributed by atoms with Gasteiger partial charge in [0.05, 0.1) is 19.8 Å². The minimum Gasteiger partial charge on any atom is -0.466 e. The first-order valence-electron chi connectivity index (χ1n) is 7.25. The van der Waals surface area contributed by atoms with Crippen LogP contribution in [0.1, 0.15) is 32.6 Å². The van der Waals surface area contributed by atoms with E-state index in [1.54, 1.807) is 0 Å². The van der Waals surface area contributed by atoms with Gasteiger partial charge in [0, 0.05) is 19.5 Å². The Morgan fingerprint density at radius 2 is 1.89 bits per heavy atom. The summed E-state index contributed by atoms with van der Waals surface area (Å²) in [5.41, 5.74) is 0. The van der Waals surface area contributed by atoms with E-state index in [2.05, 4.69) is 10.2 Å². The predicted molar refractivity (Wildman–Crippen MR) is 77.3 cm³/mol. The van der Waals surface area contributed by atoms with Crippen LogP contribution in [-0.2, 0) is 14.3 Å². The maximum atomic E-state index is 11.1. The highest BCUT2D eigenvalue weighted by molar-refractivity contribution is 5.69. The third-order valence-electron chi connectivity index (χ3n) is 2.65. The van der Waals surface area contributed by atoms with E-state index >= 15 is 0 Å². The van der Waals surface area contributed by atoms with Crippen molar-refractivity contribution in [2.45, 2.75) is 32.6 Å². The summed E-state index contributed by atoms with van der Waals surface area (Å²) in [5, 5.41) is 3.33. The van der Waals surface area contributed by atoms with Crippen LogP contribution in [0.25, 0.3) is 0 Å². The SMILES string of the molecule is CCOC(=O)CCCCCNCCOCCN(C)C. The molecule has 0 aromatic carbocycles. The molecular formula is C14H30N2O3. The van der Waals surface area contributed by atoms with E-state index in [1.165, 1.54) is 0 Å². The molecule has 0 amide bonds. The Kier molecular flexibility index (Phi) is 13.3. The molecule has 0 unspecified atom stereocenters. The van der Waals surface area contributed by atoms with E-state index in [-0.39, 0.29) is 5.97 Å². The van der Waals surface area contributed by atoms with Crippen LogP contribution in [0.2, 0.25) is 0 Å². The summed E-state index contributed by atoms with van der Waals surface area (Å²) < 4.78 is 10.3. The Balaban J connectivity index is 3.05. The molecular weight excluding hydrogens is 244 g/mol. The van der Waals surface area contributed by atoms with Crippen molar-refractivity contribution < 1.29 is 14.3 Å². The summed E-state index contributed by atoms with van der Waals surface area (Å²) in [4.78, 5) is 13.2. The van der Waals surface area contributed by atoms with Gasteiger partial charge in [-0.15, -0.1) is 0 Å². The summed E-state index contributed by atoms with van der Waals surface area (Å²) in [6, 6.07) is 0. The predicted octanol–water partition coefficient (Wildman–Crippen LogP) is 1.28. The smallest absolute Gasteiger partial charge is 0.305 e. The summed E-state index contributed by atoms with van der Waals surface area (Å²) in [6.07, 6.45) is 3.62. The zero-order valence-corrected chi connectivity index (χ0v) is 12.7. The lowest BCUT2D eigenvalue weighted by Crippen LogP contribution is -2.23. The Hall–Kier alpha value is -0.650. The van der Waals surface area contributed by atoms with Crippen LogP contribution >= 0.6 is 0 Å². The van der Waals surface area contributed by atoms with Crippen LogP contribution in [-0.4, -0.2) is 64.4 Å². The van der Waals surface area contributed by atoms with Crippen LogP contribution in [0.15, 0.2) is 0 Å². The maximum absolute atomic E-state index is 11.1. The van der Waals surface area contributed by atoms with Gasteiger partial charge in [-0.1, -0.05) is 6.42 Å². The molecule has 0 saturated carbocycles. The molecule has 0 aliphatic carbocycles. The summed E-state index contributed by atoms with van der Waals surface area (Å²) in [6.45, 7) is 6.71. The lowest BCUT2D eigenvalue weighted by molar-refractivity contribution is -0.143. The minimum absolute atomic E-state index is 0.0789. The summed E-state index contributed by atoms with van der Waals surface area (Å²) in [5.74, 6) is -0.0789. The number of nitrogens with zero attached hydrogens (tertiary/aromatic N) is 1. The average Bonchev–Trinajstić information content (AvgIpc) is 2.36. The van der Waals surface area contributed by atoms with Crippen molar-refractivity contribution in [1.29, 1.82) is 0 Å². The first kappa shape index (κ1) is 18.4. The number of hydrogen-bond acceptors (Lipinski definition) is 5. The molecule has 0 aromatic rings. The van der Waals surface area contributed by atoms with Crippen molar-refractivity contribution in [3.05, 3.63) is 0 Å². The fraction of sp³-hybridized carbons (Fsp3) is 0.929. The molecule has 0 radical (unpaired) electrons. The van der Waals surface area contributed by atoms with Gasteiger partial charge < -0.3 is 19.7 Å². The van der Waals surface area contributed by atoms with Crippen molar-refractivity contribution in [3.8, 4) is 0 Å². The highest BCUT2D eigenvalue weighted by atomic mass is 16.5. The number of carbonyl (C=O) groups is 1. The van der Waals surface area contributed by atoms with E-state index in [0.717, 1.165) is 52.1 Å². The molecule has 0 aliphatic rings. The van der Waals surface area contributed by atoms with E-state index in [0.29, 0.717) is 13.0 Å². The molecule has 0 bridgehead atoms. The maximum Gasteiger partial charge on any atom is 0.305 e. The van der Waals surface area contributed by atoms with Crippen molar-refractivity contribution in [2.24, 2.45) is 0 Å². The quantitative estimate of drug-likeness (QED) is 0.405. The topological polar surface area (TPSA) is 50.8 Å². The van der Waals surface area contributed by atoms with Crippen LogP contribution in [0.4, 0.5) is 0 Å². The molecule has 1 N–H and O–H groups in total. The van der Waals surface area contributed by atoms with E-state index in [1.807, 2.05) is 21.0 Å². The summed E-state index contributed by atoms with van der Waals surface area (Å²) >= 11 is 0. The third-order valence-corrected chi connectivity index (χ3v) is 2.65. The minimum atomic E-state index is -0.0789. The molecule has 0 fully saturated rings. The number of unbranched alkanes of at least 4 members (excludes halogenated alkanes) is 2. The van der Waals surface area contributed by atoms with E-state index < -0.39 is 0 Å². The first-order valence-corrected chi connectivity index (χ1v) is 7.25. The molecule has 0 spiro atoms. The van der Waals surface area contributed by atoms with Gasteiger partial charge in [0.2, 0.25) is 0 Å². The number of hydrogen-bond donors (Lipinski definition) is 1. The Labute approximate surface area is 117 Å². The molecule has 0 aromatic heterocycles. The van der Waals surface area contributed by atoms with Crippen LogP contribution in [0, 0.1) is 0 Å². The van der Waals surface area contributed by atoms with Gasteiger partial charge in [0.1, 0.15) is 0 Å². The Morgan fingerprint density at radius 3 is 2.58 bits per heavy atom. The van der Waals surface area contributed by atoms with Gasteiger partial charge >= 0.3 is 5.97 Å². The van der Waals surface area contributed by atoms with Crippen molar-refractivity contribution in [2.75, 3.05) is 53.6 Å². The first-order chi connectivity index (χ1) is 9.16. The van der Waals surface area contributed by atoms with Crippen molar-refractivity contribution in [3.63, 3.8) is 0 Å². The van der Waals surface area contributed by atoms with E-state index in [4.69, 9.17) is 9.47 Å². The van der Waals surface area contributed by atoms with Crippen LogP contribution in [0.5, 0.6) is 0 Å². The molecule has 19 heavy (non-hydrogen) atoms. The van der Waals surface area contributed by atoms with Crippen molar-refractivity contribution in [1.82, 2.24) is 10.2 Å². The fourth-order valence-corrected chi connectivity index (χ4v) is 1.55. The van der Waals surface area contributed by atoms with Crippen LogP contribution < -0.4 is 5.32 Å². The zero-order valence-electron chi connectivity index (χ0n) is 12.7. The Morgan fingerprint density at radius 1 is 1.11 bits per heavy atom. The molecule has 114 valence electrons. The van der Waals surface area contributed by atoms with Crippen molar-refractivity contribution >= 4 is 5.97 Å². The van der Waals surface area contributed by atoms with Gasteiger partial charge in [-0.2, -0.15) is 0 Å². The molecule has 0 saturated heterocycles. The van der Waals surface area contributed by atoms with Gasteiger partial charge in [-0.05, 0) is 40.4 Å². The number of nitrogens with one attached hydrogen (secondary N) is 1. The summed E-state index contributed by atoms with van der Waals surface area (Å²) in [7, 11) is 4.08. The van der Waals surface area contributed by atoms with E-state index in [9.17, 15) is 4.79 Å². The highest BCUT2D eigenvalue weighted by Crippen LogP contribution is 2.00. The van der Waals surface area contributed by atoms with Crippen LogP contribution in [0.3, 0.4) is 0 Å². The second kappa shape index (κ2) is 13.8. The lowest BCUT2D eigenvalue weighted by atomic mass is 10.2.